The summed E-state index contributed by atoms with van der Waals surface area (Å²) in [6, 6.07) is 20.5. The Morgan fingerprint density at radius 3 is 2.29 bits per heavy atom. The third-order valence-corrected chi connectivity index (χ3v) is 6.15. The van der Waals surface area contributed by atoms with Gasteiger partial charge >= 0.3 is 0 Å². The maximum Gasteiger partial charge on any atom is 0.261 e. The molecule has 0 bridgehead atoms. The van der Waals surface area contributed by atoms with Crippen LogP contribution >= 0.6 is 11.8 Å². The molecular weight excluding hydrogens is 392 g/mol. The number of anilines is 2. The van der Waals surface area contributed by atoms with Crippen molar-refractivity contribution < 1.29 is 13.2 Å². The summed E-state index contributed by atoms with van der Waals surface area (Å²) < 4.78 is 27.9. The summed E-state index contributed by atoms with van der Waals surface area (Å²) in [7, 11) is -3.80. The molecule has 0 aliphatic heterocycles. The van der Waals surface area contributed by atoms with Crippen molar-refractivity contribution in [1.82, 2.24) is 0 Å². The van der Waals surface area contributed by atoms with E-state index in [1.807, 2.05) is 43.5 Å². The zero-order valence-corrected chi connectivity index (χ0v) is 17.1. The van der Waals surface area contributed by atoms with Gasteiger partial charge in [-0.2, -0.15) is 0 Å². The molecule has 3 aromatic carbocycles. The highest BCUT2D eigenvalue weighted by Crippen LogP contribution is 2.20. The van der Waals surface area contributed by atoms with Crippen molar-refractivity contribution in [2.75, 3.05) is 16.3 Å². The van der Waals surface area contributed by atoms with E-state index in [4.69, 9.17) is 0 Å². The summed E-state index contributed by atoms with van der Waals surface area (Å²) in [5, 5.41) is 2.78. The molecule has 0 atom stereocenters. The Labute approximate surface area is 169 Å². The predicted octanol–water partition coefficient (Wildman–Crippen LogP) is 4.77. The van der Waals surface area contributed by atoms with Gasteiger partial charge in [0, 0.05) is 21.8 Å². The molecule has 0 fully saturated rings. The number of hydrogen-bond acceptors (Lipinski definition) is 4. The fraction of sp³-hybridized carbons (Fsp3) is 0.0952. The molecule has 144 valence electrons. The molecule has 0 saturated heterocycles. The van der Waals surface area contributed by atoms with Gasteiger partial charge < -0.3 is 5.32 Å². The van der Waals surface area contributed by atoms with Crippen LogP contribution in [0.1, 0.15) is 15.9 Å². The molecule has 3 rings (SSSR count). The minimum absolute atomic E-state index is 0.0272. The largest absolute Gasteiger partial charge is 0.322 e. The summed E-state index contributed by atoms with van der Waals surface area (Å²) in [5.41, 5.74) is 2.33. The van der Waals surface area contributed by atoms with E-state index < -0.39 is 10.0 Å². The number of carbonyl (C=O) groups excluding carboxylic acids is 1. The SMILES string of the molecule is CSc1ccc(NC(=O)c2cccc(S(=O)(=O)Nc3cccc(C)c3)c2)cc1. The van der Waals surface area contributed by atoms with Crippen molar-refractivity contribution in [3.8, 4) is 0 Å². The van der Waals surface area contributed by atoms with E-state index in [1.165, 1.54) is 12.1 Å². The van der Waals surface area contributed by atoms with E-state index in [0.717, 1.165) is 10.5 Å². The van der Waals surface area contributed by atoms with Crippen molar-refractivity contribution in [1.29, 1.82) is 0 Å². The van der Waals surface area contributed by atoms with Crippen molar-refractivity contribution in [2.45, 2.75) is 16.7 Å². The topological polar surface area (TPSA) is 75.3 Å². The maximum absolute atomic E-state index is 12.7. The number of aryl methyl sites for hydroxylation is 1. The maximum atomic E-state index is 12.7. The highest BCUT2D eigenvalue weighted by atomic mass is 32.2. The molecular formula is C21H20N2O3S2. The van der Waals surface area contributed by atoms with E-state index in [1.54, 1.807) is 42.1 Å². The number of hydrogen-bond donors (Lipinski definition) is 2. The quantitative estimate of drug-likeness (QED) is 0.572. The molecule has 0 unspecified atom stereocenters. The van der Waals surface area contributed by atoms with Gasteiger partial charge in [0.25, 0.3) is 15.9 Å². The van der Waals surface area contributed by atoms with Crippen molar-refractivity contribution in [2.24, 2.45) is 0 Å². The van der Waals surface area contributed by atoms with E-state index in [0.29, 0.717) is 11.4 Å². The lowest BCUT2D eigenvalue weighted by Crippen LogP contribution is -2.16. The third kappa shape index (κ3) is 4.94. The van der Waals surface area contributed by atoms with Gasteiger partial charge in [0.1, 0.15) is 0 Å². The molecule has 0 saturated carbocycles. The van der Waals surface area contributed by atoms with Crippen LogP contribution in [-0.4, -0.2) is 20.6 Å². The second-order valence-electron chi connectivity index (χ2n) is 6.19. The molecule has 0 aliphatic rings. The second kappa shape index (κ2) is 8.50. The molecule has 0 spiro atoms. The van der Waals surface area contributed by atoms with E-state index in [2.05, 4.69) is 10.0 Å². The average Bonchev–Trinajstić information content (AvgIpc) is 2.68. The van der Waals surface area contributed by atoms with E-state index >= 15 is 0 Å². The number of thioether (sulfide) groups is 1. The number of carbonyl (C=O) groups is 1. The van der Waals surface area contributed by atoms with Gasteiger partial charge in [-0.05, 0) is 73.3 Å². The molecule has 3 aromatic rings. The van der Waals surface area contributed by atoms with Crippen LogP contribution in [0.5, 0.6) is 0 Å². The van der Waals surface area contributed by atoms with Gasteiger partial charge in [-0.3, -0.25) is 9.52 Å². The zero-order valence-electron chi connectivity index (χ0n) is 15.5. The Hall–Kier alpha value is -2.77. The molecule has 7 heteroatoms. The first kappa shape index (κ1) is 20.0. The van der Waals surface area contributed by atoms with Crippen LogP contribution in [0.15, 0.2) is 82.6 Å². The summed E-state index contributed by atoms with van der Waals surface area (Å²) in [4.78, 5) is 13.6. The van der Waals surface area contributed by atoms with E-state index in [9.17, 15) is 13.2 Å². The number of benzene rings is 3. The Morgan fingerprint density at radius 2 is 1.61 bits per heavy atom. The normalized spacial score (nSPS) is 11.1. The Balaban J connectivity index is 1.79. The number of sulfonamides is 1. The molecule has 0 aromatic heterocycles. The number of amides is 1. The molecule has 0 heterocycles. The zero-order chi connectivity index (χ0) is 20.1. The monoisotopic (exact) mass is 412 g/mol. The van der Waals surface area contributed by atoms with Gasteiger partial charge in [0.2, 0.25) is 0 Å². The highest BCUT2D eigenvalue weighted by Gasteiger charge is 2.17. The van der Waals surface area contributed by atoms with Crippen LogP contribution < -0.4 is 10.0 Å². The lowest BCUT2D eigenvalue weighted by Gasteiger charge is -2.10. The van der Waals surface area contributed by atoms with Crippen molar-refractivity contribution >= 4 is 39.1 Å². The highest BCUT2D eigenvalue weighted by molar-refractivity contribution is 7.98. The molecule has 2 N–H and O–H groups in total. The molecule has 1 amide bonds. The first-order chi connectivity index (χ1) is 13.4. The third-order valence-electron chi connectivity index (χ3n) is 4.02. The standard InChI is InChI=1S/C21H20N2O3S2/c1-15-5-3-7-18(13-15)23-28(25,26)20-8-4-6-16(14-20)21(24)22-17-9-11-19(27-2)12-10-17/h3-14,23H,1-2H3,(H,22,24). The van der Waals surface area contributed by atoms with Gasteiger partial charge in [-0.25, -0.2) is 8.42 Å². The van der Waals surface area contributed by atoms with Crippen LogP contribution in [-0.2, 0) is 10.0 Å². The molecule has 0 aliphatic carbocycles. The van der Waals surface area contributed by atoms with Gasteiger partial charge in [0.05, 0.1) is 4.90 Å². The first-order valence-electron chi connectivity index (χ1n) is 8.52. The molecule has 0 radical (unpaired) electrons. The minimum atomic E-state index is -3.80. The summed E-state index contributed by atoms with van der Waals surface area (Å²) in [6.07, 6.45) is 1.98. The Kier molecular flexibility index (Phi) is 6.06. The minimum Gasteiger partial charge on any atom is -0.322 e. The summed E-state index contributed by atoms with van der Waals surface area (Å²) >= 11 is 1.61. The van der Waals surface area contributed by atoms with Crippen LogP contribution in [0.3, 0.4) is 0 Å². The smallest absolute Gasteiger partial charge is 0.261 e. The van der Waals surface area contributed by atoms with Crippen LogP contribution in [0, 0.1) is 6.92 Å². The fourth-order valence-corrected chi connectivity index (χ4v) is 4.11. The van der Waals surface area contributed by atoms with Gasteiger partial charge in [-0.1, -0.05) is 18.2 Å². The number of nitrogens with one attached hydrogen (secondary N) is 2. The molecule has 5 nitrogen and oxygen atoms in total. The van der Waals surface area contributed by atoms with Gasteiger partial charge in [0.15, 0.2) is 0 Å². The Morgan fingerprint density at radius 1 is 0.893 bits per heavy atom. The van der Waals surface area contributed by atoms with Gasteiger partial charge in [-0.15, -0.1) is 11.8 Å². The van der Waals surface area contributed by atoms with Crippen molar-refractivity contribution in [3.05, 3.63) is 83.9 Å². The summed E-state index contributed by atoms with van der Waals surface area (Å²) in [5.74, 6) is -0.371. The number of rotatable bonds is 6. The molecule has 28 heavy (non-hydrogen) atoms. The lowest BCUT2D eigenvalue weighted by molar-refractivity contribution is 0.102. The Bertz CT molecular complexity index is 1090. The predicted molar refractivity (Wildman–Crippen MR) is 115 cm³/mol. The first-order valence-corrected chi connectivity index (χ1v) is 11.2. The van der Waals surface area contributed by atoms with Crippen molar-refractivity contribution in [3.63, 3.8) is 0 Å². The fourth-order valence-electron chi connectivity index (χ4n) is 2.60. The lowest BCUT2D eigenvalue weighted by atomic mass is 10.2. The summed E-state index contributed by atoms with van der Waals surface area (Å²) in [6.45, 7) is 1.88. The second-order valence-corrected chi connectivity index (χ2v) is 8.75. The van der Waals surface area contributed by atoms with Crippen LogP contribution in [0.2, 0.25) is 0 Å². The van der Waals surface area contributed by atoms with E-state index in [-0.39, 0.29) is 16.4 Å². The average molecular weight is 413 g/mol. The van der Waals surface area contributed by atoms with Crippen LogP contribution in [0.25, 0.3) is 0 Å². The van der Waals surface area contributed by atoms with Crippen LogP contribution in [0.4, 0.5) is 11.4 Å².